The van der Waals surface area contributed by atoms with Crippen LogP contribution in [0.4, 0.5) is 5.69 Å². The lowest BCUT2D eigenvalue weighted by Gasteiger charge is -2.13. The minimum Gasteiger partial charge on any atom is -0.465 e. The van der Waals surface area contributed by atoms with Crippen LogP contribution in [-0.4, -0.2) is 31.1 Å². The number of methoxy groups -OCH3 is 1. The predicted octanol–water partition coefficient (Wildman–Crippen LogP) is 2.66. The van der Waals surface area contributed by atoms with Gasteiger partial charge in [0.2, 0.25) is 0 Å². The molecule has 1 amide bonds. The Balaban J connectivity index is 1.95. The molecule has 2 rings (SSSR count). The highest BCUT2D eigenvalue weighted by atomic mass is 16.5. The van der Waals surface area contributed by atoms with E-state index in [1.54, 1.807) is 24.3 Å². The molecule has 0 aromatic heterocycles. The van der Waals surface area contributed by atoms with Gasteiger partial charge in [-0.3, -0.25) is 4.79 Å². The number of carbonyl (C=O) groups is 3. The van der Waals surface area contributed by atoms with Crippen LogP contribution in [0.25, 0.3) is 0 Å². The first-order valence-electron chi connectivity index (χ1n) is 7.26. The van der Waals surface area contributed by atoms with Gasteiger partial charge in [-0.15, -0.1) is 0 Å². The molecule has 0 saturated heterocycles. The zero-order valence-electron chi connectivity index (χ0n) is 13.3. The molecule has 6 nitrogen and oxygen atoms in total. The maximum Gasteiger partial charge on any atom is 0.338 e. The van der Waals surface area contributed by atoms with E-state index in [1.165, 1.54) is 38.3 Å². The SMILES string of the molecule is COC(=O)c1ccc(C(=O)O[C@@H](C)C(=O)Nc2ccccc2)cc1. The molecule has 0 saturated carbocycles. The number of carbonyl (C=O) groups excluding carboxylic acids is 3. The van der Waals surface area contributed by atoms with Crippen LogP contribution in [0.2, 0.25) is 0 Å². The van der Waals surface area contributed by atoms with Crippen molar-refractivity contribution >= 4 is 23.5 Å². The van der Waals surface area contributed by atoms with E-state index in [9.17, 15) is 14.4 Å². The molecule has 1 atom stereocenters. The Hall–Kier alpha value is -3.15. The van der Waals surface area contributed by atoms with Gasteiger partial charge in [-0.2, -0.15) is 0 Å². The standard InChI is InChI=1S/C18H17NO5/c1-12(16(20)19-15-6-4-3-5-7-15)24-18(22)14-10-8-13(9-11-14)17(21)23-2/h3-12H,1-2H3,(H,19,20)/t12-/m0/s1. The van der Waals surface area contributed by atoms with Crippen LogP contribution >= 0.6 is 0 Å². The predicted molar refractivity (Wildman–Crippen MR) is 87.7 cm³/mol. The van der Waals surface area contributed by atoms with Gasteiger partial charge in [0.05, 0.1) is 18.2 Å². The average molecular weight is 327 g/mol. The van der Waals surface area contributed by atoms with E-state index in [4.69, 9.17) is 4.74 Å². The molecule has 0 aliphatic heterocycles. The number of hydrogen-bond donors (Lipinski definition) is 1. The molecule has 6 heteroatoms. The molecule has 0 fully saturated rings. The molecule has 24 heavy (non-hydrogen) atoms. The Morgan fingerprint density at radius 2 is 1.42 bits per heavy atom. The van der Waals surface area contributed by atoms with Gasteiger partial charge in [0.15, 0.2) is 6.10 Å². The summed E-state index contributed by atoms with van der Waals surface area (Å²) in [6, 6.07) is 14.7. The highest BCUT2D eigenvalue weighted by Crippen LogP contribution is 2.10. The normalized spacial score (nSPS) is 11.2. The Morgan fingerprint density at radius 3 is 1.96 bits per heavy atom. The molecule has 0 aliphatic rings. The summed E-state index contributed by atoms with van der Waals surface area (Å²) in [5.74, 6) is -1.58. The fourth-order valence-corrected chi connectivity index (χ4v) is 1.91. The highest BCUT2D eigenvalue weighted by Gasteiger charge is 2.19. The van der Waals surface area contributed by atoms with Crippen molar-refractivity contribution in [1.82, 2.24) is 0 Å². The molecule has 124 valence electrons. The van der Waals surface area contributed by atoms with Crippen molar-refractivity contribution < 1.29 is 23.9 Å². The van der Waals surface area contributed by atoms with Gasteiger partial charge in [0.1, 0.15) is 0 Å². The molecule has 2 aromatic rings. The average Bonchev–Trinajstić information content (AvgIpc) is 2.61. The lowest BCUT2D eigenvalue weighted by atomic mass is 10.1. The van der Waals surface area contributed by atoms with Crippen LogP contribution in [0.1, 0.15) is 27.6 Å². The third kappa shape index (κ3) is 4.42. The van der Waals surface area contributed by atoms with Crippen LogP contribution in [0.5, 0.6) is 0 Å². The monoisotopic (exact) mass is 327 g/mol. The zero-order chi connectivity index (χ0) is 17.5. The van der Waals surface area contributed by atoms with Crippen LogP contribution in [0.15, 0.2) is 54.6 Å². The number of benzene rings is 2. The van der Waals surface area contributed by atoms with E-state index in [-0.39, 0.29) is 5.56 Å². The lowest BCUT2D eigenvalue weighted by Crippen LogP contribution is -2.30. The summed E-state index contributed by atoms with van der Waals surface area (Å²) in [4.78, 5) is 35.4. The van der Waals surface area contributed by atoms with E-state index in [1.807, 2.05) is 6.07 Å². The molecular weight excluding hydrogens is 310 g/mol. The molecule has 2 aromatic carbocycles. The van der Waals surface area contributed by atoms with Crippen LogP contribution in [-0.2, 0) is 14.3 Å². The number of anilines is 1. The number of nitrogens with one attached hydrogen (secondary N) is 1. The smallest absolute Gasteiger partial charge is 0.338 e. The van der Waals surface area contributed by atoms with Crippen LogP contribution in [0.3, 0.4) is 0 Å². The van der Waals surface area contributed by atoms with Crippen molar-refractivity contribution in [2.24, 2.45) is 0 Å². The Labute approximate surface area is 139 Å². The number of ether oxygens (including phenoxy) is 2. The minimum absolute atomic E-state index is 0.238. The van der Waals surface area contributed by atoms with E-state index in [0.717, 1.165) is 0 Å². The minimum atomic E-state index is -0.960. The van der Waals surface area contributed by atoms with Gasteiger partial charge in [-0.1, -0.05) is 18.2 Å². The molecule has 0 spiro atoms. The Morgan fingerprint density at radius 1 is 0.875 bits per heavy atom. The summed E-state index contributed by atoms with van der Waals surface area (Å²) in [6.07, 6.45) is -0.960. The Kier molecular flexibility index (Phi) is 5.68. The molecule has 1 N–H and O–H groups in total. The molecule has 0 radical (unpaired) electrons. The summed E-state index contributed by atoms with van der Waals surface area (Å²) in [7, 11) is 1.28. The van der Waals surface area contributed by atoms with E-state index < -0.39 is 23.9 Å². The van der Waals surface area contributed by atoms with E-state index >= 15 is 0 Å². The van der Waals surface area contributed by atoms with Crippen LogP contribution in [0, 0.1) is 0 Å². The van der Waals surface area contributed by atoms with E-state index in [2.05, 4.69) is 10.1 Å². The van der Waals surface area contributed by atoms with Gasteiger partial charge in [0, 0.05) is 5.69 Å². The molecular formula is C18H17NO5. The van der Waals surface area contributed by atoms with Crippen molar-refractivity contribution in [3.8, 4) is 0 Å². The summed E-state index contributed by atoms with van der Waals surface area (Å²) in [5.41, 5.74) is 1.18. The zero-order valence-corrected chi connectivity index (χ0v) is 13.3. The van der Waals surface area contributed by atoms with Crippen molar-refractivity contribution in [1.29, 1.82) is 0 Å². The van der Waals surface area contributed by atoms with Gasteiger partial charge < -0.3 is 14.8 Å². The summed E-state index contributed by atoms with van der Waals surface area (Å²) >= 11 is 0. The summed E-state index contributed by atoms with van der Waals surface area (Å²) in [6.45, 7) is 1.49. The highest BCUT2D eigenvalue weighted by molar-refractivity contribution is 5.98. The van der Waals surface area contributed by atoms with Gasteiger partial charge in [0.25, 0.3) is 5.91 Å². The Bertz CT molecular complexity index is 725. The lowest BCUT2D eigenvalue weighted by molar-refractivity contribution is -0.123. The van der Waals surface area contributed by atoms with Crippen molar-refractivity contribution in [3.05, 3.63) is 65.7 Å². The maximum atomic E-state index is 12.0. The molecule has 0 heterocycles. The first kappa shape index (κ1) is 17.2. The second-order valence-corrected chi connectivity index (χ2v) is 4.97. The number of amides is 1. The fourth-order valence-electron chi connectivity index (χ4n) is 1.91. The van der Waals surface area contributed by atoms with Crippen molar-refractivity contribution in [3.63, 3.8) is 0 Å². The van der Waals surface area contributed by atoms with Crippen LogP contribution < -0.4 is 5.32 Å². The van der Waals surface area contributed by atoms with Crippen molar-refractivity contribution in [2.45, 2.75) is 13.0 Å². The van der Waals surface area contributed by atoms with Gasteiger partial charge >= 0.3 is 11.9 Å². The number of esters is 2. The first-order chi connectivity index (χ1) is 11.5. The molecule has 0 bridgehead atoms. The third-order valence-corrected chi connectivity index (χ3v) is 3.24. The fraction of sp³-hybridized carbons (Fsp3) is 0.167. The number of para-hydroxylation sites is 1. The quantitative estimate of drug-likeness (QED) is 0.854. The van der Waals surface area contributed by atoms with Gasteiger partial charge in [-0.25, -0.2) is 9.59 Å². The van der Waals surface area contributed by atoms with Gasteiger partial charge in [-0.05, 0) is 43.3 Å². The first-order valence-corrected chi connectivity index (χ1v) is 7.26. The topological polar surface area (TPSA) is 81.7 Å². The number of rotatable bonds is 5. The second-order valence-electron chi connectivity index (χ2n) is 4.97. The van der Waals surface area contributed by atoms with E-state index in [0.29, 0.717) is 11.3 Å². The summed E-state index contributed by atoms with van der Waals surface area (Å²) in [5, 5.41) is 2.65. The molecule has 0 unspecified atom stereocenters. The largest absolute Gasteiger partial charge is 0.465 e. The van der Waals surface area contributed by atoms with Crippen molar-refractivity contribution in [2.75, 3.05) is 12.4 Å². The third-order valence-electron chi connectivity index (χ3n) is 3.24. The molecule has 0 aliphatic carbocycles. The second kappa shape index (κ2) is 7.92. The summed E-state index contributed by atoms with van der Waals surface area (Å²) < 4.78 is 9.71. The maximum absolute atomic E-state index is 12.0. The number of hydrogen-bond acceptors (Lipinski definition) is 5.